The predicted octanol–water partition coefficient (Wildman–Crippen LogP) is 6.20. The van der Waals surface area contributed by atoms with Gasteiger partial charge in [0.1, 0.15) is 16.2 Å². The molecule has 0 aromatic carbocycles. The Bertz CT molecular complexity index is 769. The van der Waals surface area contributed by atoms with Crippen molar-refractivity contribution in [2.24, 2.45) is 7.05 Å². The number of unbranched alkanes of at least 4 members (excludes halogenated alkanes) is 10. The van der Waals surface area contributed by atoms with E-state index >= 15 is 0 Å². The van der Waals surface area contributed by atoms with Crippen LogP contribution in [0.4, 0.5) is 5.82 Å². The standard InChI is InChI=1S/C21H33N5O2S/c1-3-4-5-6-7-8-9-10-11-12-13-14-19-23-24-20(29-19)16-15-18-22-17-21(25(18)2)26(27)28/h15-17H,3-14H2,1-2H3. The summed E-state index contributed by atoms with van der Waals surface area (Å²) in [6, 6.07) is 0. The van der Waals surface area contributed by atoms with Crippen molar-refractivity contribution < 1.29 is 4.92 Å². The maximum Gasteiger partial charge on any atom is 0.342 e. The molecule has 0 unspecified atom stereocenters. The Balaban J connectivity index is 1.60. The minimum atomic E-state index is -0.443. The number of aromatic nitrogens is 4. The van der Waals surface area contributed by atoms with Gasteiger partial charge in [-0.05, 0) is 17.4 Å². The second-order valence-corrected chi connectivity index (χ2v) is 8.54. The summed E-state index contributed by atoms with van der Waals surface area (Å²) in [5.41, 5.74) is 0. The molecule has 0 aliphatic heterocycles. The molecule has 2 heterocycles. The Kier molecular flexibility index (Phi) is 10.5. The molecule has 0 N–H and O–H groups in total. The van der Waals surface area contributed by atoms with Gasteiger partial charge >= 0.3 is 5.82 Å². The van der Waals surface area contributed by atoms with E-state index in [2.05, 4.69) is 22.1 Å². The molecular weight excluding hydrogens is 386 g/mol. The Morgan fingerprint density at radius 2 is 1.62 bits per heavy atom. The van der Waals surface area contributed by atoms with Crippen molar-refractivity contribution in [3.63, 3.8) is 0 Å². The maximum absolute atomic E-state index is 10.9. The highest BCUT2D eigenvalue weighted by molar-refractivity contribution is 7.12. The van der Waals surface area contributed by atoms with Crippen LogP contribution >= 0.6 is 11.3 Å². The summed E-state index contributed by atoms with van der Waals surface area (Å²) >= 11 is 1.57. The molecule has 0 saturated heterocycles. The number of rotatable bonds is 15. The van der Waals surface area contributed by atoms with Crippen LogP contribution in [0, 0.1) is 10.1 Å². The molecule has 0 atom stereocenters. The molecule has 2 rings (SSSR count). The average Bonchev–Trinajstić information content (AvgIpc) is 3.30. The van der Waals surface area contributed by atoms with Gasteiger partial charge in [0.05, 0.1) is 7.05 Å². The molecule has 0 spiro atoms. The van der Waals surface area contributed by atoms with E-state index < -0.39 is 4.92 Å². The van der Waals surface area contributed by atoms with E-state index in [4.69, 9.17) is 0 Å². The summed E-state index contributed by atoms with van der Waals surface area (Å²) in [4.78, 5) is 14.5. The minimum absolute atomic E-state index is 0.0286. The van der Waals surface area contributed by atoms with Crippen LogP contribution in [0.3, 0.4) is 0 Å². The molecule has 0 bridgehead atoms. The molecule has 8 heteroatoms. The molecule has 2 aromatic heterocycles. The zero-order valence-corrected chi connectivity index (χ0v) is 18.5. The molecule has 2 aromatic rings. The highest BCUT2D eigenvalue weighted by Crippen LogP contribution is 2.18. The highest BCUT2D eigenvalue weighted by Gasteiger charge is 2.14. The van der Waals surface area contributed by atoms with E-state index in [0.29, 0.717) is 5.82 Å². The lowest BCUT2D eigenvalue weighted by molar-refractivity contribution is -0.391. The Morgan fingerprint density at radius 1 is 1.00 bits per heavy atom. The summed E-state index contributed by atoms with van der Waals surface area (Å²) in [5, 5.41) is 21.1. The lowest BCUT2D eigenvalue weighted by Gasteiger charge is -2.01. The third-order valence-electron chi connectivity index (χ3n) is 5.04. The maximum atomic E-state index is 10.9. The summed E-state index contributed by atoms with van der Waals surface area (Å²) in [6.07, 6.45) is 20.5. The van der Waals surface area contributed by atoms with Crippen LogP contribution in [0.15, 0.2) is 6.20 Å². The first-order chi connectivity index (χ1) is 14.1. The first-order valence-corrected chi connectivity index (χ1v) is 11.6. The van der Waals surface area contributed by atoms with Crippen LogP contribution in [-0.2, 0) is 13.5 Å². The van der Waals surface area contributed by atoms with Gasteiger partial charge in [0.15, 0.2) is 0 Å². The zero-order chi connectivity index (χ0) is 20.9. The summed E-state index contributed by atoms with van der Waals surface area (Å²) in [5.74, 6) is 0.498. The van der Waals surface area contributed by atoms with Crippen molar-refractivity contribution in [2.75, 3.05) is 0 Å². The molecule has 7 nitrogen and oxygen atoms in total. The van der Waals surface area contributed by atoms with Crippen molar-refractivity contribution >= 4 is 29.3 Å². The quantitative estimate of drug-likeness (QED) is 0.195. The average molecular weight is 420 g/mol. The Morgan fingerprint density at radius 3 is 2.21 bits per heavy atom. The van der Waals surface area contributed by atoms with Crippen LogP contribution in [0.5, 0.6) is 0 Å². The van der Waals surface area contributed by atoms with Crippen LogP contribution in [0.1, 0.15) is 93.4 Å². The van der Waals surface area contributed by atoms with Crippen molar-refractivity contribution in [1.29, 1.82) is 0 Å². The van der Waals surface area contributed by atoms with Gasteiger partial charge in [0.2, 0.25) is 5.82 Å². The van der Waals surface area contributed by atoms with Gasteiger partial charge in [-0.1, -0.05) is 82.5 Å². The van der Waals surface area contributed by atoms with Gasteiger partial charge in [0.25, 0.3) is 0 Å². The number of imidazole rings is 1. The number of aryl methyl sites for hydroxylation is 1. The Hall–Kier alpha value is -2.09. The fraction of sp³-hybridized carbons (Fsp3) is 0.667. The van der Waals surface area contributed by atoms with E-state index in [1.165, 1.54) is 75.0 Å². The molecule has 0 radical (unpaired) electrons. The number of nitro groups is 1. The minimum Gasteiger partial charge on any atom is -0.358 e. The normalized spacial score (nSPS) is 11.5. The molecule has 0 saturated carbocycles. The van der Waals surface area contributed by atoms with E-state index in [-0.39, 0.29) is 5.82 Å². The fourth-order valence-corrected chi connectivity index (χ4v) is 4.05. The first kappa shape index (κ1) is 23.2. The molecule has 29 heavy (non-hydrogen) atoms. The lowest BCUT2D eigenvalue weighted by atomic mass is 10.1. The van der Waals surface area contributed by atoms with Crippen molar-refractivity contribution in [2.45, 2.75) is 84.0 Å². The van der Waals surface area contributed by atoms with Crippen LogP contribution in [0.2, 0.25) is 0 Å². The molecule has 0 amide bonds. The molecule has 0 aliphatic rings. The van der Waals surface area contributed by atoms with E-state index in [1.807, 2.05) is 6.08 Å². The van der Waals surface area contributed by atoms with Crippen LogP contribution < -0.4 is 0 Å². The van der Waals surface area contributed by atoms with Gasteiger partial charge in [-0.25, -0.2) is 9.55 Å². The summed E-state index contributed by atoms with van der Waals surface area (Å²) in [7, 11) is 1.63. The van der Waals surface area contributed by atoms with E-state index in [0.717, 1.165) is 22.9 Å². The van der Waals surface area contributed by atoms with Crippen LogP contribution in [-0.4, -0.2) is 24.7 Å². The largest absolute Gasteiger partial charge is 0.358 e. The number of nitrogens with zero attached hydrogens (tertiary/aromatic N) is 5. The third-order valence-corrected chi connectivity index (χ3v) is 5.99. The Labute approximate surface area is 177 Å². The third kappa shape index (κ3) is 8.43. The fourth-order valence-electron chi connectivity index (χ4n) is 3.26. The second-order valence-electron chi connectivity index (χ2n) is 7.44. The predicted molar refractivity (Wildman–Crippen MR) is 119 cm³/mol. The van der Waals surface area contributed by atoms with Crippen LogP contribution in [0.25, 0.3) is 12.2 Å². The summed E-state index contributed by atoms with van der Waals surface area (Å²) in [6.45, 7) is 2.26. The monoisotopic (exact) mass is 419 g/mol. The molecular formula is C21H33N5O2S. The SMILES string of the molecule is CCCCCCCCCCCCCc1nnc(C=Cc2ncc([N+](=O)[O-])n2C)s1. The molecule has 0 aliphatic carbocycles. The number of hydrogen-bond donors (Lipinski definition) is 0. The van der Waals surface area contributed by atoms with Crippen molar-refractivity contribution in [3.8, 4) is 0 Å². The summed E-state index contributed by atoms with van der Waals surface area (Å²) < 4.78 is 1.45. The van der Waals surface area contributed by atoms with Crippen molar-refractivity contribution in [1.82, 2.24) is 19.7 Å². The topological polar surface area (TPSA) is 86.7 Å². The first-order valence-electron chi connectivity index (χ1n) is 10.8. The van der Waals surface area contributed by atoms with Gasteiger partial charge < -0.3 is 10.1 Å². The van der Waals surface area contributed by atoms with E-state index in [1.54, 1.807) is 24.5 Å². The zero-order valence-electron chi connectivity index (χ0n) is 17.7. The van der Waals surface area contributed by atoms with Gasteiger partial charge in [-0.2, -0.15) is 0 Å². The molecule has 160 valence electrons. The van der Waals surface area contributed by atoms with Crippen molar-refractivity contribution in [3.05, 3.63) is 32.2 Å². The highest BCUT2D eigenvalue weighted by atomic mass is 32.1. The van der Waals surface area contributed by atoms with Gasteiger partial charge in [0, 0.05) is 12.5 Å². The number of hydrogen-bond acceptors (Lipinski definition) is 6. The van der Waals surface area contributed by atoms with Gasteiger partial charge in [-0.15, -0.1) is 10.2 Å². The van der Waals surface area contributed by atoms with E-state index in [9.17, 15) is 10.1 Å². The second kappa shape index (κ2) is 13.2. The van der Waals surface area contributed by atoms with Gasteiger partial charge in [-0.3, -0.25) is 0 Å². The lowest BCUT2D eigenvalue weighted by Crippen LogP contribution is -1.98. The molecule has 0 fully saturated rings. The smallest absolute Gasteiger partial charge is 0.342 e.